The first-order chi connectivity index (χ1) is 14.9. The molecule has 0 fully saturated rings. The van der Waals surface area contributed by atoms with E-state index in [-0.39, 0.29) is 22.5 Å². The monoisotopic (exact) mass is 436 g/mol. The molecule has 0 aliphatic carbocycles. The fourth-order valence-electron chi connectivity index (χ4n) is 2.99. The van der Waals surface area contributed by atoms with Crippen LogP contribution in [0.2, 0.25) is 5.02 Å². The normalized spacial score (nSPS) is 10.7. The molecular weight excluding hydrogens is 420 g/mol. The second-order valence-electron chi connectivity index (χ2n) is 6.65. The maximum absolute atomic E-state index is 12.9. The quantitative estimate of drug-likeness (QED) is 0.292. The van der Waals surface area contributed by atoms with Crippen molar-refractivity contribution in [3.63, 3.8) is 0 Å². The van der Waals surface area contributed by atoms with Crippen molar-refractivity contribution in [3.8, 4) is 23.0 Å². The zero-order valence-electron chi connectivity index (χ0n) is 16.7. The molecule has 0 radical (unpaired) electrons. The van der Waals surface area contributed by atoms with E-state index in [9.17, 15) is 9.59 Å². The molecule has 1 aromatic heterocycles. The molecule has 4 aromatic rings. The highest BCUT2D eigenvalue weighted by Crippen LogP contribution is 2.28. The molecule has 3 aromatic carbocycles. The summed E-state index contributed by atoms with van der Waals surface area (Å²) in [5, 5.41) is 0.732. The highest BCUT2D eigenvalue weighted by atomic mass is 35.5. The lowest BCUT2D eigenvalue weighted by atomic mass is 10.2. The summed E-state index contributed by atoms with van der Waals surface area (Å²) in [7, 11) is 1.57. The minimum atomic E-state index is -0.569. The third-order valence-electron chi connectivity index (χ3n) is 4.54. The molecule has 1 heterocycles. The number of halogens is 1. The average Bonchev–Trinajstić information content (AvgIpc) is 2.77. The van der Waals surface area contributed by atoms with E-state index in [1.165, 1.54) is 24.3 Å². The van der Waals surface area contributed by atoms with Crippen LogP contribution in [0.4, 0.5) is 0 Å². The van der Waals surface area contributed by atoms with Gasteiger partial charge in [0.15, 0.2) is 0 Å². The van der Waals surface area contributed by atoms with Gasteiger partial charge in [-0.15, -0.1) is 0 Å². The van der Waals surface area contributed by atoms with Crippen molar-refractivity contribution in [2.75, 3.05) is 7.11 Å². The molecule has 0 atom stereocenters. The van der Waals surface area contributed by atoms with Crippen molar-refractivity contribution in [2.45, 2.75) is 6.92 Å². The number of hydrogen-bond donors (Lipinski definition) is 0. The second-order valence-corrected chi connectivity index (χ2v) is 7.09. The fourth-order valence-corrected chi connectivity index (χ4v) is 3.18. The molecule has 0 N–H and O–H groups in total. The number of esters is 1. The molecule has 0 spiro atoms. The van der Waals surface area contributed by atoms with Crippen LogP contribution >= 0.6 is 11.6 Å². The van der Waals surface area contributed by atoms with Gasteiger partial charge in [0.25, 0.3) is 0 Å². The van der Waals surface area contributed by atoms with Crippen molar-refractivity contribution in [1.82, 2.24) is 0 Å². The molecule has 0 aliphatic heterocycles. The van der Waals surface area contributed by atoms with Crippen LogP contribution in [0.3, 0.4) is 0 Å². The first-order valence-corrected chi connectivity index (χ1v) is 9.69. The fraction of sp³-hybridized carbons (Fsp3) is 0.0833. The highest BCUT2D eigenvalue weighted by molar-refractivity contribution is 6.30. The molecule has 0 amide bonds. The van der Waals surface area contributed by atoms with E-state index in [4.69, 9.17) is 30.2 Å². The van der Waals surface area contributed by atoms with Crippen molar-refractivity contribution in [2.24, 2.45) is 0 Å². The number of carbonyl (C=O) groups excluding carboxylic acids is 1. The molecule has 0 unspecified atom stereocenters. The number of carbonyl (C=O) groups is 1. The van der Waals surface area contributed by atoms with Gasteiger partial charge in [-0.25, -0.2) is 4.79 Å². The van der Waals surface area contributed by atoms with Gasteiger partial charge < -0.3 is 18.6 Å². The standard InChI is InChI=1S/C24H17ClO6/c1-14-23(30-18-8-6-17(28-2)7-9-18)22(26)20-11-10-19(13-21(20)29-14)31-24(27)15-4-3-5-16(25)12-15/h3-13H,1-2H3. The molecule has 6 nitrogen and oxygen atoms in total. The third-order valence-corrected chi connectivity index (χ3v) is 4.77. The van der Waals surface area contributed by atoms with Gasteiger partial charge >= 0.3 is 5.97 Å². The van der Waals surface area contributed by atoms with Gasteiger partial charge in [0.2, 0.25) is 11.2 Å². The van der Waals surface area contributed by atoms with E-state index in [0.29, 0.717) is 33.2 Å². The number of rotatable bonds is 5. The predicted octanol–water partition coefficient (Wildman–Crippen LogP) is 5.77. The van der Waals surface area contributed by atoms with Gasteiger partial charge in [0.05, 0.1) is 18.1 Å². The zero-order chi connectivity index (χ0) is 22.0. The molecule has 156 valence electrons. The Balaban J connectivity index is 1.62. The lowest BCUT2D eigenvalue weighted by Crippen LogP contribution is -2.10. The van der Waals surface area contributed by atoms with Crippen molar-refractivity contribution < 1.29 is 23.4 Å². The summed E-state index contributed by atoms with van der Waals surface area (Å²) >= 11 is 5.92. The van der Waals surface area contributed by atoms with Crippen LogP contribution in [-0.2, 0) is 0 Å². The van der Waals surface area contributed by atoms with Crippen molar-refractivity contribution in [1.29, 1.82) is 0 Å². The van der Waals surface area contributed by atoms with E-state index in [1.807, 2.05) is 0 Å². The van der Waals surface area contributed by atoms with E-state index in [2.05, 4.69) is 0 Å². The number of methoxy groups -OCH3 is 1. The topological polar surface area (TPSA) is 75.0 Å². The summed E-state index contributed by atoms with van der Waals surface area (Å²) in [4.78, 5) is 25.3. The first kappa shape index (κ1) is 20.5. The number of hydrogen-bond acceptors (Lipinski definition) is 6. The molecule has 0 saturated carbocycles. The highest BCUT2D eigenvalue weighted by Gasteiger charge is 2.16. The average molecular weight is 437 g/mol. The molecule has 0 bridgehead atoms. The SMILES string of the molecule is COc1ccc(Oc2c(C)oc3cc(OC(=O)c4cccc(Cl)c4)ccc3c2=O)cc1. The summed E-state index contributed by atoms with van der Waals surface area (Å²) in [6.07, 6.45) is 0. The minimum Gasteiger partial charge on any atom is -0.497 e. The molecule has 31 heavy (non-hydrogen) atoms. The largest absolute Gasteiger partial charge is 0.497 e. The Morgan fingerprint density at radius 1 is 0.935 bits per heavy atom. The zero-order valence-corrected chi connectivity index (χ0v) is 17.4. The van der Waals surface area contributed by atoms with Gasteiger partial charge in [0, 0.05) is 11.1 Å². The minimum absolute atomic E-state index is 0.0846. The maximum Gasteiger partial charge on any atom is 0.343 e. The van der Waals surface area contributed by atoms with Crippen LogP contribution in [0.1, 0.15) is 16.1 Å². The Morgan fingerprint density at radius 2 is 1.65 bits per heavy atom. The molecule has 7 heteroatoms. The van der Waals surface area contributed by atoms with Crippen LogP contribution in [0, 0.1) is 6.92 Å². The molecule has 0 aliphatic rings. The summed E-state index contributed by atoms with van der Waals surface area (Å²) < 4.78 is 22.0. The van der Waals surface area contributed by atoms with E-state index in [0.717, 1.165) is 0 Å². The van der Waals surface area contributed by atoms with Gasteiger partial charge in [-0.1, -0.05) is 17.7 Å². The lowest BCUT2D eigenvalue weighted by molar-refractivity contribution is 0.0735. The van der Waals surface area contributed by atoms with E-state index >= 15 is 0 Å². The third kappa shape index (κ3) is 4.39. The van der Waals surface area contributed by atoms with E-state index < -0.39 is 5.97 Å². The summed E-state index contributed by atoms with van der Waals surface area (Å²) in [6, 6.07) is 17.8. The number of fused-ring (bicyclic) bond motifs is 1. The van der Waals surface area contributed by atoms with Gasteiger partial charge in [-0.2, -0.15) is 0 Å². The van der Waals surface area contributed by atoms with Crippen molar-refractivity contribution in [3.05, 3.63) is 93.3 Å². The Kier molecular flexibility index (Phi) is 5.64. The molecule has 4 rings (SSSR count). The number of ether oxygens (including phenoxy) is 3. The number of benzene rings is 3. The van der Waals surface area contributed by atoms with Gasteiger partial charge in [0.1, 0.15) is 28.6 Å². The van der Waals surface area contributed by atoms with E-state index in [1.54, 1.807) is 56.5 Å². The van der Waals surface area contributed by atoms with Crippen LogP contribution in [0.5, 0.6) is 23.0 Å². The molecule has 0 saturated heterocycles. The van der Waals surface area contributed by atoms with Crippen LogP contribution < -0.4 is 19.6 Å². The molecular formula is C24H17ClO6. The summed E-state index contributed by atoms with van der Waals surface area (Å²) in [5.41, 5.74) is 0.261. The van der Waals surface area contributed by atoms with Gasteiger partial charge in [-0.05, 0) is 61.5 Å². The summed E-state index contributed by atoms with van der Waals surface area (Å²) in [6.45, 7) is 1.63. The first-order valence-electron chi connectivity index (χ1n) is 9.32. The van der Waals surface area contributed by atoms with Crippen LogP contribution in [0.15, 0.2) is 75.9 Å². The maximum atomic E-state index is 12.9. The second kappa shape index (κ2) is 8.53. The number of aryl methyl sites for hydroxylation is 1. The predicted molar refractivity (Wildman–Crippen MR) is 117 cm³/mol. The van der Waals surface area contributed by atoms with Crippen molar-refractivity contribution >= 4 is 28.5 Å². The Morgan fingerprint density at radius 3 is 2.35 bits per heavy atom. The Labute approximate surface area is 182 Å². The van der Waals surface area contributed by atoms with Crippen LogP contribution in [-0.4, -0.2) is 13.1 Å². The van der Waals surface area contributed by atoms with Crippen LogP contribution in [0.25, 0.3) is 11.0 Å². The lowest BCUT2D eigenvalue weighted by Gasteiger charge is -2.10. The Hall–Kier alpha value is -3.77. The Bertz CT molecular complexity index is 1320. The van der Waals surface area contributed by atoms with Gasteiger partial charge in [-0.3, -0.25) is 4.79 Å². The smallest absolute Gasteiger partial charge is 0.343 e. The summed E-state index contributed by atoms with van der Waals surface area (Å²) in [5.74, 6) is 1.20.